The number of nitrogens with zero attached hydrogens (tertiary/aromatic N) is 2. The van der Waals surface area contributed by atoms with Gasteiger partial charge in [0.2, 0.25) is 0 Å². The Kier molecular flexibility index (Phi) is 4.34. The first-order chi connectivity index (χ1) is 9.63. The summed E-state index contributed by atoms with van der Waals surface area (Å²) in [4.78, 5) is 0. The summed E-state index contributed by atoms with van der Waals surface area (Å²) in [6.07, 6.45) is 3.84. The molecule has 0 saturated heterocycles. The molecule has 0 bridgehead atoms. The molecule has 0 atom stereocenters. The monoisotopic (exact) mass is 276 g/mol. The van der Waals surface area contributed by atoms with Crippen LogP contribution >= 0.6 is 0 Å². The summed E-state index contributed by atoms with van der Waals surface area (Å²) in [7, 11) is 3.19. The van der Waals surface area contributed by atoms with Crippen LogP contribution < -0.4 is 20.5 Å². The van der Waals surface area contributed by atoms with Gasteiger partial charge in [0.25, 0.3) is 0 Å². The zero-order chi connectivity index (χ0) is 14.5. The number of aromatic nitrogens is 2. The Morgan fingerprint density at radius 2 is 1.95 bits per heavy atom. The van der Waals surface area contributed by atoms with E-state index in [1.165, 1.54) is 0 Å². The van der Waals surface area contributed by atoms with Gasteiger partial charge in [-0.1, -0.05) is 0 Å². The summed E-state index contributed by atoms with van der Waals surface area (Å²) < 4.78 is 12.4. The van der Waals surface area contributed by atoms with E-state index in [0.29, 0.717) is 17.2 Å². The van der Waals surface area contributed by atoms with Crippen molar-refractivity contribution in [3.8, 4) is 11.5 Å². The Balaban J connectivity index is 2.02. The molecule has 0 saturated carbocycles. The van der Waals surface area contributed by atoms with Gasteiger partial charge in [-0.2, -0.15) is 5.10 Å². The van der Waals surface area contributed by atoms with Gasteiger partial charge in [0, 0.05) is 24.9 Å². The number of ether oxygens (including phenoxy) is 2. The normalized spacial score (nSPS) is 10.3. The number of hydrogen-bond donors (Lipinski definition) is 2. The minimum atomic E-state index is 0.623. The lowest BCUT2D eigenvalue weighted by Crippen LogP contribution is -2.12. The van der Waals surface area contributed by atoms with Crippen LogP contribution in [0.5, 0.6) is 11.5 Å². The van der Waals surface area contributed by atoms with Crippen LogP contribution in [0.15, 0.2) is 24.5 Å². The highest BCUT2D eigenvalue weighted by Crippen LogP contribution is 2.34. The van der Waals surface area contributed by atoms with E-state index in [0.717, 1.165) is 24.3 Å². The maximum Gasteiger partial charge on any atom is 0.162 e. The third-order valence-electron chi connectivity index (χ3n) is 2.97. The first-order valence-electron chi connectivity index (χ1n) is 6.38. The molecule has 1 aromatic carbocycles. The minimum Gasteiger partial charge on any atom is -0.493 e. The lowest BCUT2D eigenvalue weighted by molar-refractivity contribution is 0.355. The molecule has 0 unspecified atom stereocenters. The predicted molar refractivity (Wildman–Crippen MR) is 79.4 cm³/mol. The van der Waals surface area contributed by atoms with E-state index >= 15 is 0 Å². The number of benzene rings is 1. The zero-order valence-corrected chi connectivity index (χ0v) is 12.0. The largest absolute Gasteiger partial charge is 0.493 e. The van der Waals surface area contributed by atoms with Gasteiger partial charge in [-0.3, -0.25) is 4.68 Å². The number of rotatable bonds is 6. The molecule has 0 fully saturated rings. The van der Waals surface area contributed by atoms with E-state index in [1.807, 2.05) is 30.1 Å². The lowest BCUT2D eigenvalue weighted by Gasteiger charge is -2.14. The molecule has 2 aromatic rings. The van der Waals surface area contributed by atoms with Crippen LogP contribution in [0, 0.1) is 6.92 Å². The zero-order valence-electron chi connectivity index (χ0n) is 12.0. The molecular formula is C14H20N4O2. The maximum absolute atomic E-state index is 5.98. The van der Waals surface area contributed by atoms with E-state index in [4.69, 9.17) is 15.2 Å². The Labute approximate surface area is 118 Å². The van der Waals surface area contributed by atoms with E-state index < -0.39 is 0 Å². The number of nitrogens with two attached hydrogens (primary N) is 1. The summed E-state index contributed by atoms with van der Waals surface area (Å²) in [5.41, 5.74) is 8.58. The van der Waals surface area contributed by atoms with Crippen LogP contribution in [0.3, 0.4) is 0 Å². The molecule has 2 rings (SSSR count). The van der Waals surface area contributed by atoms with Crippen molar-refractivity contribution in [2.75, 3.05) is 31.8 Å². The highest BCUT2D eigenvalue weighted by atomic mass is 16.5. The Morgan fingerprint density at radius 3 is 2.55 bits per heavy atom. The van der Waals surface area contributed by atoms with Gasteiger partial charge in [0.15, 0.2) is 11.5 Å². The number of methoxy groups -OCH3 is 2. The lowest BCUT2D eigenvalue weighted by atomic mass is 10.2. The van der Waals surface area contributed by atoms with Crippen molar-refractivity contribution < 1.29 is 9.47 Å². The second-order valence-corrected chi connectivity index (χ2v) is 4.50. The molecular weight excluding hydrogens is 256 g/mol. The molecule has 20 heavy (non-hydrogen) atoms. The summed E-state index contributed by atoms with van der Waals surface area (Å²) >= 11 is 0. The first-order valence-corrected chi connectivity index (χ1v) is 6.38. The number of hydrogen-bond acceptors (Lipinski definition) is 5. The summed E-state index contributed by atoms with van der Waals surface area (Å²) in [6, 6.07) is 3.59. The fraction of sp³-hybridized carbons (Fsp3) is 0.357. The third-order valence-corrected chi connectivity index (χ3v) is 2.97. The molecule has 0 radical (unpaired) electrons. The van der Waals surface area contributed by atoms with Crippen molar-refractivity contribution in [3.05, 3.63) is 30.1 Å². The molecule has 0 aliphatic rings. The molecule has 3 N–H and O–H groups in total. The summed E-state index contributed by atoms with van der Waals surface area (Å²) in [5, 5.41) is 7.51. The van der Waals surface area contributed by atoms with E-state index in [1.54, 1.807) is 20.3 Å². The van der Waals surface area contributed by atoms with Crippen molar-refractivity contribution in [1.29, 1.82) is 0 Å². The molecule has 6 nitrogen and oxygen atoms in total. The van der Waals surface area contributed by atoms with Crippen LogP contribution in [0.2, 0.25) is 0 Å². The van der Waals surface area contributed by atoms with Gasteiger partial charge in [-0.15, -0.1) is 0 Å². The Bertz CT molecular complexity index is 581. The second kappa shape index (κ2) is 6.18. The Hall–Kier alpha value is -2.37. The van der Waals surface area contributed by atoms with Gasteiger partial charge in [0.1, 0.15) is 0 Å². The van der Waals surface area contributed by atoms with Crippen LogP contribution in [0.1, 0.15) is 5.56 Å². The first kappa shape index (κ1) is 14.0. The smallest absolute Gasteiger partial charge is 0.162 e. The van der Waals surface area contributed by atoms with Gasteiger partial charge in [-0.25, -0.2) is 0 Å². The highest BCUT2D eigenvalue weighted by molar-refractivity contribution is 5.71. The van der Waals surface area contributed by atoms with E-state index in [2.05, 4.69) is 10.4 Å². The molecule has 1 heterocycles. The van der Waals surface area contributed by atoms with Crippen molar-refractivity contribution >= 4 is 11.4 Å². The van der Waals surface area contributed by atoms with Crippen molar-refractivity contribution in [2.45, 2.75) is 13.5 Å². The molecule has 0 amide bonds. The molecule has 0 aliphatic carbocycles. The molecule has 0 aliphatic heterocycles. The average molecular weight is 276 g/mol. The molecule has 0 spiro atoms. The van der Waals surface area contributed by atoms with Crippen LogP contribution in [0.4, 0.5) is 11.4 Å². The number of aryl methyl sites for hydroxylation is 1. The van der Waals surface area contributed by atoms with Crippen LogP contribution in [-0.2, 0) is 6.54 Å². The van der Waals surface area contributed by atoms with Gasteiger partial charge in [0.05, 0.1) is 38.3 Å². The molecule has 1 aromatic heterocycles. The number of nitrogen functional groups attached to an aromatic ring is 1. The highest BCUT2D eigenvalue weighted by Gasteiger charge is 2.08. The quantitative estimate of drug-likeness (QED) is 0.788. The molecule has 108 valence electrons. The van der Waals surface area contributed by atoms with Gasteiger partial charge in [-0.05, 0) is 12.5 Å². The maximum atomic E-state index is 5.98. The van der Waals surface area contributed by atoms with Crippen molar-refractivity contribution in [1.82, 2.24) is 9.78 Å². The topological polar surface area (TPSA) is 74.3 Å². The summed E-state index contributed by atoms with van der Waals surface area (Å²) in [6.45, 7) is 3.51. The SMILES string of the molecule is COc1cc(N)c(NCCn2cc(C)cn2)cc1OC. The number of nitrogens with one attached hydrogen (secondary N) is 1. The summed E-state index contributed by atoms with van der Waals surface area (Å²) in [5.74, 6) is 1.28. The fourth-order valence-corrected chi connectivity index (χ4v) is 1.94. The van der Waals surface area contributed by atoms with Crippen LogP contribution in [0.25, 0.3) is 0 Å². The van der Waals surface area contributed by atoms with E-state index in [9.17, 15) is 0 Å². The predicted octanol–water partition coefficient (Wildman–Crippen LogP) is 1.90. The van der Waals surface area contributed by atoms with Gasteiger partial charge < -0.3 is 20.5 Å². The van der Waals surface area contributed by atoms with Crippen molar-refractivity contribution in [2.24, 2.45) is 0 Å². The second-order valence-electron chi connectivity index (χ2n) is 4.50. The van der Waals surface area contributed by atoms with Crippen molar-refractivity contribution in [3.63, 3.8) is 0 Å². The van der Waals surface area contributed by atoms with Crippen LogP contribution in [-0.4, -0.2) is 30.5 Å². The number of anilines is 2. The Morgan fingerprint density at radius 1 is 1.25 bits per heavy atom. The minimum absolute atomic E-state index is 0.623. The van der Waals surface area contributed by atoms with Gasteiger partial charge >= 0.3 is 0 Å². The fourth-order valence-electron chi connectivity index (χ4n) is 1.94. The molecule has 6 heteroatoms. The third kappa shape index (κ3) is 3.14. The van der Waals surface area contributed by atoms with E-state index in [-0.39, 0.29) is 0 Å². The average Bonchev–Trinajstić information content (AvgIpc) is 2.85. The standard InChI is InChI=1S/C14H20N4O2/c1-10-8-17-18(9-10)5-4-16-12-7-14(20-3)13(19-2)6-11(12)15/h6-9,16H,4-5,15H2,1-3H3.